The molecule has 0 radical (unpaired) electrons. The molecular weight excluding hydrogens is 462 g/mol. The number of rotatable bonds is 10. The lowest BCUT2D eigenvalue weighted by Gasteiger charge is -2.31. The summed E-state index contributed by atoms with van der Waals surface area (Å²) in [6.07, 6.45) is 2.67. The number of carbonyl (C=O) groups is 2. The summed E-state index contributed by atoms with van der Waals surface area (Å²) in [6.45, 7) is 4.63. The lowest BCUT2D eigenvalue weighted by Crippen LogP contribution is -2.47. The monoisotopic (exact) mass is 497 g/mol. The Balaban J connectivity index is 1.26. The highest BCUT2D eigenvalue weighted by atomic mass is 16.5. The largest absolute Gasteiger partial charge is 0.491 e. The van der Waals surface area contributed by atoms with E-state index in [1.54, 1.807) is 12.1 Å². The molecule has 6 heteroatoms. The van der Waals surface area contributed by atoms with E-state index in [1.165, 1.54) is 12.8 Å². The molecule has 1 N–H and O–H groups in total. The fraction of sp³-hybridized carbons (Fsp3) is 0.355. The van der Waals surface area contributed by atoms with Gasteiger partial charge in [-0.15, -0.1) is 0 Å². The van der Waals surface area contributed by atoms with Crippen LogP contribution in [-0.4, -0.2) is 67.9 Å². The summed E-state index contributed by atoms with van der Waals surface area (Å²) < 4.78 is 6.03. The highest BCUT2D eigenvalue weighted by molar-refractivity contribution is 6.00. The standard InChI is InChI=1S/C31H35N3O3/c1-33-15-17-34(18-16-33)21-31(36)32-28-20-27(13-14-30(28)37-22-24-7-8-24)29(35)19-23-9-11-26(12-10-23)25-5-3-2-4-6-25/h2-6,9-14,20,24H,7-8,15-19,21-22H2,1H3,(H,32,36). The number of amides is 1. The lowest BCUT2D eigenvalue weighted by atomic mass is 9.99. The van der Waals surface area contributed by atoms with Crippen molar-refractivity contribution in [1.29, 1.82) is 0 Å². The molecule has 1 saturated heterocycles. The summed E-state index contributed by atoms with van der Waals surface area (Å²) in [7, 11) is 2.10. The maximum atomic E-state index is 13.2. The molecule has 3 aromatic carbocycles. The van der Waals surface area contributed by atoms with Gasteiger partial charge in [0.15, 0.2) is 5.78 Å². The molecule has 6 nitrogen and oxygen atoms in total. The Morgan fingerprint density at radius 2 is 1.59 bits per heavy atom. The molecule has 37 heavy (non-hydrogen) atoms. The van der Waals surface area contributed by atoms with Crippen molar-refractivity contribution in [2.45, 2.75) is 19.3 Å². The molecule has 2 fully saturated rings. The van der Waals surface area contributed by atoms with E-state index in [9.17, 15) is 9.59 Å². The minimum absolute atomic E-state index is 0.00997. The van der Waals surface area contributed by atoms with Crippen LogP contribution < -0.4 is 10.1 Å². The van der Waals surface area contributed by atoms with E-state index in [1.807, 2.05) is 36.4 Å². The molecule has 1 saturated carbocycles. The van der Waals surface area contributed by atoms with Crippen LogP contribution in [0.2, 0.25) is 0 Å². The summed E-state index contributed by atoms with van der Waals surface area (Å²) in [4.78, 5) is 30.5. The minimum Gasteiger partial charge on any atom is -0.491 e. The van der Waals surface area contributed by atoms with Crippen LogP contribution in [0.1, 0.15) is 28.8 Å². The van der Waals surface area contributed by atoms with E-state index in [-0.39, 0.29) is 11.7 Å². The van der Waals surface area contributed by atoms with Gasteiger partial charge < -0.3 is 15.0 Å². The predicted molar refractivity (Wildman–Crippen MR) is 147 cm³/mol. The number of carbonyl (C=O) groups excluding carboxylic acids is 2. The quantitative estimate of drug-likeness (QED) is 0.410. The number of likely N-dealkylation sites (N-methyl/N-ethyl adjacent to an activating group) is 1. The van der Waals surface area contributed by atoms with E-state index in [2.05, 4.69) is 46.4 Å². The lowest BCUT2D eigenvalue weighted by molar-refractivity contribution is -0.117. The molecule has 5 rings (SSSR count). The zero-order valence-electron chi connectivity index (χ0n) is 21.5. The molecule has 3 aromatic rings. The van der Waals surface area contributed by atoms with Gasteiger partial charge in [0, 0.05) is 38.2 Å². The second-order valence-corrected chi connectivity index (χ2v) is 10.3. The summed E-state index contributed by atoms with van der Waals surface area (Å²) in [6, 6.07) is 23.7. The summed E-state index contributed by atoms with van der Waals surface area (Å²) in [5.41, 5.74) is 4.38. The van der Waals surface area contributed by atoms with E-state index < -0.39 is 0 Å². The smallest absolute Gasteiger partial charge is 0.238 e. The summed E-state index contributed by atoms with van der Waals surface area (Å²) in [5.74, 6) is 1.15. The third kappa shape index (κ3) is 7.06. The number of ether oxygens (including phenoxy) is 1. The highest BCUT2D eigenvalue weighted by Gasteiger charge is 2.23. The van der Waals surface area contributed by atoms with Crippen molar-refractivity contribution in [1.82, 2.24) is 9.80 Å². The van der Waals surface area contributed by atoms with Crippen molar-refractivity contribution in [2.75, 3.05) is 51.7 Å². The van der Waals surface area contributed by atoms with Gasteiger partial charge in [0.05, 0.1) is 18.8 Å². The van der Waals surface area contributed by atoms with Crippen molar-refractivity contribution < 1.29 is 14.3 Å². The van der Waals surface area contributed by atoms with Gasteiger partial charge in [0.1, 0.15) is 5.75 Å². The van der Waals surface area contributed by atoms with Crippen molar-refractivity contribution in [2.24, 2.45) is 5.92 Å². The van der Waals surface area contributed by atoms with Crippen LogP contribution in [-0.2, 0) is 11.2 Å². The summed E-state index contributed by atoms with van der Waals surface area (Å²) >= 11 is 0. The van der Waals surface area contributed by atoms with Crippen LogP contribution >= 0.6 is 0 Å². The Bertz CT molecular complexity index is 1210. The Morgan fingerprint density at radius 1 is 0.892 bits per heavy atom. The number of anilines is 1. The third-order valence-corrected chi connectivity index (χ3v) is 7.14. The van der Waals surface area contributed by atoms with Crippen LogP contribution in [0.25, 0.3) is 11.1 Å². The number of nitrogens with zero attached hydrogens (tertiary/aromatic N) is 2. The van der Waals surface area contributed by atoms with Crippen LogP contribution in [0.5, 0.6) is 5.75 Å². The van der Waals surface area contributed by atoms with Gasteiger partial charge in [-0.05, 0) is 60.7 Å². The second-order valence-electron chi connectivity index (χ2n) is 10.3. The van der Waals surface area contributed by atoms with Gasteiger partial charge in [-0.25, -0.2) is 0 Å². The van der Waals surface area contributed by atoms with Gasteiger partial charge >= 0.3 is 0 Å². The van der Waals surface area contributed by atoms with Crippen molar-refractivity contribution in [3.8, 4) is 16.9 Å². The SMILES string of the molecule is CN1CCN(CC(=O)Nc2cc(C(=O)Cc3ccc(-c4ccccc4)cc3)ccc2OCC2CC2)CC1. The molecule has 0 spiro atoms. The average Bonchev–Trinajstić information content (AvgIpc) is 3.75. The maximum absolute atomic E-state index is 13.2. The number of nitrogens with one attached hydrogen (secondary N) is 1. The van der Waals surface area contributed by atoms with Gasteiger partial charge in [-0.2, -0.15) is 0 Å². The molecule has 0 atom stereocenters. The van der Waals surface area contributed by atoms with E-state index >= 15 is 0 Å². The topological polar surface area (TPSA) is 61.9 Å². The first kappa shape index (κ1) is 25.2. The second kappa shape index (κ2) is 11.7. The number of Topliss-reactive ketones (excluding diaryl/α,β-unsaturated/α-hetero) is 1. The molecule has 192 valence electrons. The summed E-state index contributed by atoms with van der Waals surface area (Å²) in [5, 5.41) is 3.03. The van der Waals surface area contributed by atoms with Crippen LogP contribution in [0.3, 0.4) is 0 Å². The Labute approximate surface area is 219 Å². The molecule has 1 amide bonds. The highest BCUT2D eigenvalue weighted by Crippen LogP contribution is 2.32. The molecular formula is C31H35N3O3. The van der Waals surface area contributed by atoms with Crippen LogP contribution in [0.4, 0.5) is 5.69 Å². The Morgan fingerprint density at radius 3 is 2.30 bits per heavy atom. The molecule has 0 aromatic heterocycles. The first-order valence-electron chi connectivity index (χ1n) is 13.2. The third-order valence-electron chi connectivity index (χ3n) is 7.14. The number of piperazine rings is 1. The zero-order chi connectivity index (χ0) is 25.6. The average molecular weight is 498 g/mol. The van der Waals surface area contributed by atoms with Crippen molar-refractivity contribution in [3.63, 3.8) is 0 Å². The Kier molecular flexibility index (Phi) is 7.97. The van der Waals surface area contributed by atoms with Crippen LogP contribution in [0.15, 0.2) is 72.8 Å². The zero-order valence-corrected chi connectivity index (χ0v) is 21.5. The van der Waals surface area contributed by atoms with E-state index in [0.29, 0.717) is 42.5 Å². The number of hydrogen-bond acceptors (Lipinski definition) is 5. The molecule has 1 aliphatic carbocycles. The number of hydrogen-bond donors (Lipinski definition) is 1. The van der Waals surface area contributed by atoms with Crippen molar-refractivity contribution in [3.05, 3.63) is 83.9 Å². The molecule has 0 bridgehead atoms. The van der Waals surface area contributed by atoms with E-state index in [4.69, 9.17) is 4.74 Å². The minimum atomic E-state index is -0.0816. The maximum Gasteiger partial charge on any atom is 0.238 e. The fourth-order valence-electron chi connectivity index (χ4n) is 4.55. The molecule has 1 aliphatic heterocycles. The van der Waals surface area contributed by atoms with Crippen LogP contribution in [0, 0.1) is 5.92 Å². The Hall–Kier alpha value is -3.48. The van der Waals surface area contributed by atoms with Gasteiger partial charge in [-0.1, -0.05) is 54.6 Å². The number of benzene rings is 3. The predicted octanol–water partition coefficient (Wildman–Crippen LogP) is 4.75. The fourth-order valence-corrected chi connectivity index (χ4v) is 4.55. The first-order chi connectivity index (χ1) is 18.0. The van der Waals surface area contributed by atoms with Gasteiger partial charge in [0.25, 0.3) is 0 Å². The van der Waals surface area contributed by atoms with Gasteiger partial charge in [-0.3, -0.25) is 14.5 Å². The van der Waals surface area contributed by atoms with Crippen molar-refractivity contribution >= 4 is 17.4 Å². The van der Waals surface area contributed by atoms with Gasteiger partial charge in [0.2, 0.25) is 5.91 Å². The molecule has 1 heterocycles. The first-order valence-corrected chi connectivity index (χ1v) is 13.2. The normalized spacial score (nSPS) is 16.4. The number of ketones is 1. The van der Waals surface area contributed by atoms with E-state index in [0.717, 1.165) is 42.9 Å². The molecule has 0 unspecified atom stereocenters. The molecule has 2 aliphatic rings.